The number of hydrogen-bond donors (Lipinski definition) is 0. The van der Waals surface area contributed by atoms with Gasteiger partial charge in [-0.1, -0.05) is 60.7 Å². The van der Waals surface area contributed by atoms with Gasteiger partial charge >= 0.3 is 5.97 Å². The van der Waals surface area contributed by atoms with Gasteiger partial charge in [0.25, 0.3) is 0 Å². The van der Waals surface area contributed by atoms with Crippen LogP contribution in [-0.4, -0.2) is 69.1 Å². The maximum Gasteiger partial charge on any atom is 0.341 e. The van der Waals surface area contributed by atoms with Crippen molar-refractivity contribution in [2.24, 2.45) is 0 Å². The topological polar surface area (TPSA) is 90.9 Å². The number of benzene rings is 2. The summed E-state index contributed by atoms with van der Waals surface area (Å²) in [6, 6.07) is 19.6. The lowest BCUT2D eigenvalue weighted by molar-refractivity contribution is -0.260. The summed E-state index contributed by atoms with van der Waals surface area (Å²) in [5.41, 5.74) is 1.28. The lowest BCUT2D eigenvalue weighted by Gasteiger charge is -2.35. The van der Waals surface area contributed by atoms with E-state index < -0.39 is 48.2 Å². The highest BCUT2D eigenvalue weighted by Gasteiger charge is 2.67. The molecule has 0 N–H and O–H groups in total. The van der Waals surface area contributed by atoms with Gasteiger partial charge in [0.15, 0.2) is 18.4 Å². The van der Waals surface area contributed by atoms with Crippen molar-refractivity contribution in [2.45, 2.75) is 75.8 Å². The minimum atomic E-state index is -1.51. The van der Waals surface area contributed by atoms with E-state index in [1.165, 1.54) is 7.11 Å². The van der Waals surface area contributed by atoms with Crippen LogP contribution in [0, 0.1) is 0 Å². The second-order valence-corrected chi connectivity index (χ2v) is 10.4. The molecule has 2 aromatic carbocycles. The molecular formula is C30H36O9. The van der Waals surface area contributed by atoms with Crippen molar-refractivity contribution >= 4 is 5.97 Å². The van der Waals surface area contributed by atoms with E-state index in [-0.39, 0.29) is 19.6 Å². The predicted octanol–water partition coefficient (Wildman–Crippen LogP) is 3.90. The van der Waals surface area contributed by atoms with Gasteiger partial charge in [-0.25, -0.2) is 4.79 Å². The van der Waals surface area contributed by atoms with Crippen molar-refractivity contribution in [3.8, 4) is 0 Å². The van der Waals surface area contributed by atoms with Crippen LogP contribution in [0.4, 0.5) is 0 Å². The van der Waals surface area contributed by atoms with E-state index in [0.717, 1.165) is 16.7 Å². The van der Waals surface area contributed by atoms with E-state index >= 15 is 0 Å². The molecule has 0 aliphatic carbocycles. The molecule has 0 spiro atoms. The number of carbonyl (C=O) groups excluding carboxylic acids is 1. The number of esters is 1. The minimum Gasteiger partial charge on any atom is -0.467 e. The minimum absolute atomic E-state index is 0.146. The van der Waals surface area contributed by atoms with Gasteiger partial charge in [0.2, 0.25) is 5.60 Å². The fourth-order valence-electron chi connectivity index (χ4n) is 5.31. The van der Waals surface area contributed by atoms with Crippen LogP contribution in [0.5, 0.6) is 0 Å². The fraction of sp³-hybridized carbons (Fsp3) is 0.500. The molecule has 2 aromatic rings. The molecule has 9 heteroatoms. The van der Waals surface area contributed by atoms with Gasteiger partial charge in [-0.15, -0.1) is 0 Å². The molecule has 3 aliphatic rings. The first kappa shape index (κ1) is 27.9. The Hall–Kier alpha value is -2.63. The standard InChI is InChI=1S/C30H36O9/c1-29(2)37-24-25(38-29)30(28(31)33-4,39-27(24)36-18-21-13-9-6-10-14-21)16-22-15-23(26(32-3)35-19-22)34-17-20-11-7-5-8-12-20/h5-15,23-27H,16-19H2,1-4H3/t23-,24+,25-,26+,27+,30+/m1/s1. The number of carbonyl (C=O) groups is 1. The Morgan fingerprint density at radius 1 is 0.872 bits per heavy atom. The Balaban J connectivity index is 1.39. The van der Waals surface area contributed by atoms with Gasteiger partial charge in [-0.05, 0) is 36.6 Å². The third-order valence-electron chi connectivity index (χ3n) is 7.08. The highest BCUT2D eigenvalue weighted by molar-refractivity contribution is 5.81. The van der Waals surface area contributed by atoms with Crippen molar-refractivity contribution < 1.29 is 42.7 Å². The maximum atomic E-state index is 13.4. The van der Waals surface area contributed by atoms with Gasteiger partial charge in [0, 0.05) is 13.5 Å². The van der Waals surface area contributed by atoms with Crippen LogP contribution in [0.15, 0.2) is 72.3 Å². The van der Waals surface area contributed by atoms with Gasteiger partial charge in [-0.2, -0.15) is 0 Å². The second kappa shape index (κ2) is 11.9. The van der Waals surface area contributed by atoms with E-state index in [9.17, 15) is 4.79 Å². The van der Waals surface area contributed by atoms with Crippen LogP contribution in [0.3, 0.4) is 0 Å². The molecule has 0 bridgehead atoms. The maximum absolute atomic E-state index is 13.4. The van der Waals surface area contributed by atoms with E-state index in [1.54, 1.807) is 21.0 Å². The van der Waals surface area contributed by atoms with Crippen molar-refractivity contribution in [1.82, 2.24) is 0 Å². The summed E-state index contributed by atoms with van der Waals surface area (Å²) in [6.07, 6.45) is -1.24. The van der Waals surface area contributed by atoms with Gasteiger partial charge in [-0.3, -0.25) is 0 Å². The van der Waals surface area contributed by atoms with Gasteiger partial charge in [0.1, 0.15) is 18.3 Å². The molecule has 5 rings (SSSR count). The summed E-state index contributed by atoms with van der Waals surface area (Å²) in [4.78, 5) is 13.4. The van der Waals surface area contributed by atoms with Crippen molar-refractivity contribution in [3.63, 3.8) is 0 Å². The van der Waals surface area contributed by atoms with Crippen LogP contribution in [0.2, 0.25) is 0 Å². The molecule has 2 fully saturated rings. The molecule has 9 nitrogen and oxygen atoms in total. The summed E-state index contributed by atoms with van der Waals surface area (Å²) < 4.78 is 47.9. The number of ether oxygens (including phenoxy) is 8. The average molecular weight is 541 g/mol. The van der Waals surface area contributed by atoms with Crippen LogP contribution in [0.1, 0.15) is 31.4 Å². The first-order valence-corrected chi connectivity index (χ1v) is 13.1. The predicted molar refractivity (Wildman–Crippen MR) is 139 cm³/mol. The van der Waals surface area contributed by atoms with E-state index in [4.69, 9.17) is 37.9 Å². The summed E-state index contributed by atoms with van der Waals surface area (Å²) in [5.74, 6) is -1.51. The van der Waals surface area contributed by atoms with E-state index in [2.05, 4.69) is 0 Å². The Bertz CT molecular complexity index is 1140. The van der Waals surface area contributed by atoms with Gasteiger partial charge in [0.05, 0.1) is 26.9 Å². The number of rotatable bonds is 10. The molecular weight excluding hydrogens is 504 g/mol. The van der Waals surface area contributed by atoms with Crippen molar-refractivity contribution in [3.05, 3.63) is 83.4 Å². The fourth-order valence-corrected chi connectivity index (χ4v) is 5.31. The Labute approximate surface area is 228 Å². The zero-order valence-corrected chi connectivity index (χ0v) is 22.7. The molecule has 0 saturated carbocycles. The Morgan fingerprint density at radius 2 is 1.51 bits per heavy atom. The highest BCUT2D eigenvalue weighted by atomic mass is 16.8. The number of methoxy groups -OCH3 is 2. The first-order valence-electron chi connectivity index (χ1n) is 13.1. The Kier molecular flexibility index (Phi) is 8.49. The molecule has 0 radical (unpaired) electrons. The molecule has 2 saturated heterocycles. The summed E-state index contributed by atoms with van der Waals surface area (Å²) >= 11 is 0. The highest BCUT2D eigenvalue weighted by Crippen LogP contribution is 2.48. The molecule has 3 aliphatic heterocycles. The lowest BCUT2D eigenvalue weighted by Crippen LogP contribution is -2.52. The molecule has 210 valence electrons. The van der Waals surface area contributed by atoms with Crippen molar-refractivity contribution in [2.75, 3.05) is 20.8 Å². The van der Waals surface area contributed by atoms with Crippen molar-refractivity contribution in [1.29, 1.82) is 0 Å². The van der Waals surface area contributed by atoms with Crippen LogP contribution in [-0.2, 0) is 55.9 Å². The second-order valence-electron chi connectivity index (χ2n) is 10.4. The molecule has 0 aromatic heterocycles. The summed E-state index contributed by atoms with van der Waals surface area (Å²) in [7, 11) is 2.91. The first-order chi connectivity index (χ1) is 18.8. The smallest absolute Gasteiger partial charge is 0.341 e. The van der Waals surface area contributed by atoms with Crippen LogP contribution >= 0.6 is 0 Å². The normalized spacial score (nSPS) is 31.5. The van der Waals surface area contributed by atoms with E-state index in [0.29, 0.717) is 6.61 Å². The SMILES string of the molecule is COC(=O)[C@@]1(CC2=C[C@@H](OCc3ccccc3)[C@@H](OC)OC2)O[C@H](OCc2ccccc2)[C@H]2OC(C)(C)O[C@H]21. The molecule has 3 heterocycles. The zero-order valence-electron chi connectivity index (χ0n) is 22.7. The summed E-state index contributed by atoms with van der Waals surface area (Å²) in [5, 5.41) is 0. The Morgan fingerprint density at radius 3 is 2.13 bits per heavy atom. The monoisotopic (exact) mass is 540 g/mol. The molecule has 0 unspecified atom stereocenters. The lowest BCUT2D eigenvalue weighted by atomic mass is 9.87. The third-order valence-corrected chi connectivity index (χ3v) is 7.08. The molecule has 0 amide bonds. The number of hydrogen-bond acceptors (Lipinski definition) is 9. The summed E-state index contributed by atoms with van der Waals surface area (Å²) in [6.45, 7) is 4.50. The number of fused-ring (bicyclic) bond motifs is 1. The third kappa shape index (κ3) is 6.10. The van der Waals surface area contributed by atoms with Crippen LogP contribution < -0.4 is 0 Å². The average Bonchev–Trinajstić information content (AvgIpc) is 3.43. The van der Waals surface area contributed by atoms with E-state index in [1.807, 2.05) is 66.7 Å². The van der Waals surface area contributed by atoms with Crippen LogP contribution in [0.25, 0.3) is 0 Å². The largest absolute Gasteiger partial charge is 0.467 e. The van der Waals surface area contributed by atoms with Gasteiger partial charge < -0.3 is 37.9 Å². The quantitative estimate of drug-likeness (QED) is 0.329. The zero-order chi connectivity index (χ0) is 27.5. The molecule has 39 heavy (non-hydrogen) atoms. The molecule has 6 atom stereocenters.